The van der Waals surface area contributed by atoms with Gasteiger partial charge in [-0.25, -0.2) is 14.2 Å². The fourth-order valence-electron chi connectivity index (χ4n) is 4.98. The van der Waals surface area contributed by atoms with Crippen molar-refractivity contribution in [2.24, 2.45) is 0 Å². The third-order valence-corrected chi connectivity index (χ3v) is 7.08. The van der Waals surface area contributed by atoms with Crippen LogP contribution in [-0.4, -0.2) is 52.2 Å². The van der Waals surface area contributed by atoms with Gasteiger partial charge >= 0.3 is 6.03 Å². The van der Waals surface area contributed by atoms with Gasteiger partial charge in [-0.15, -0.1) is 0 Å². The molecule has 0 aliphatic carbocycles. The number of hydrogen-bond acceptors (Lipinski definition) is 6. The van der Waals surface area contributed by atoms with Crippen LogP contribution < -0.4 is 10.2 Å². The maximum atomic E-state index is 13.5. The molecule has 0 unspecified atom stereocenters. The average molecular weight is 525 g/mol. The second-order valence-electron chi connectivity index (χ2n) is 9.75. The normalized spacial score (nSPS) is 13.8. The summed E-state index contributed by atoms with van der Waals surface area (Å²) in [5.74, 6) is 1.12. The first-order valence-electron chi connectivity index (χ1n) is 13.3. The molecule has 0 saturated carbocycles. The van der Waals surface area contributed by atoms with E-state index >= 15 is 0 Å². The molecular formula is C30H29FN6O2. The van der Waals surface area contributed by atoms with Crippen molar-refractivity contribution in [2.75, 3.05) is 36.4 Å². The van der Waals surface area contributed by atoms with Crippen LogP contribution in [0.3, 0.4) is 0 Å². The van der Waals surface area contributed by atoms with Gasteiger partial charge in [-0.1, -0.05) is 61.0 Å². The Hall–Kier alpha value is -4.53. The Morgan fingerprint density at radius 1 is 0.974 bits per heavy atom. The van der Waals surface area contributed by atoms with Crippen LogP contribution in [0.15, 0.2) is 71.3 Å². The van der Waals surface area contributed by atoms with Gasteiger partial charge in [0.15, 0.2) is 0 Å². The Kier molecular flexibility index (Phi) is 6.79. The molecule has 198 valence electrons. The number of amides is 2. The summed E-state index contributed by atoms with van der Waals surface area (Å²) in [7, 11) is 0. The number of benzene rings is 3. The minimum absolute atomic E-state index is 0.251. The SMILES string of the molecule is CCCCc1nc(N2CCN(C(=O)Nc3cccc(F)c3)CC2)c2c(-c3ccc4ccccc4c3)noc2n1. The molecule has 6 rings (SSSR count). The number of carbonyl (C=O) groups excluding carboxylic acids is 1. The van der Waals surface area contributed by atoms with E-state index in [1.54, 1.807) is 17.0 Å². The first-order valence-corrected chi connectivity index (χ1v) is 13.3. The minimum atomic E-state index is -0.389. The molecule has 2 amide bonds. The third-order valence-electron chi connectivity index (χ3n) is 7.08. The highest BCUT2D eigenvalue weighted by Crippen LogP contribution is 2.35. The van der Waals surface area contributed by atoms with E-state index in [0.29, 0.717) is 43.3 Å². The Bertz CT molecular complexity index is 1640. The number of nitrogens with zero attached hydrogens (tertiary/aromatic N) is 5. The number of nitrogens with one attached hydrogen (secondary N) is 1. The second-order valence-corrected chi connectivity index (χ2v) is 9.75. The molecule has 8 nitrogen and oxygen atoms in total. The smallest absolute Gasteiger partial charge is 0.321 e. The number of hydrogen-bond donors (Lipinski definition) is 1. The number of unbranched alkanes of at least 4 members (excludes halogenated alkanes) is 1. The monoisotopic (exact) mass is 524 g/mol. The summed E-state index contributed by atoms with van der Waals surface area (Å²) in [6.45, 7) is 4.29. The van der Waals surface area contributed by atoms with Crippen LogP contribution in [0.2, 0.25) is 0 Å². The van der Waals surface area contributed by atoms with E-state index in [2.05, 4.69) is 46.6 Å². The zero-order valence-electron chi connectivity index (χ0n) is 21.7. The van der Waals surface area contributed by atoms with Crippen molar-refractivity contribution in [3.05, 3.63) is 78.4 Å². The van der Waals surface area contributed by atoms with Gasteiger partial charge in [-0.2, -0.15) is 4.98 Å². The predicted octanol–water partition coefficient (Wildman–Crippen LogP) is 6.27. The highest BCUT2D eigenvalue weighted by atomic mass is 19.1. The Morgan fingerprint density at radius 2 is 1.79 bits per heavy atom. The van der Waals surface area contributed by atoms with Gasteiger partial charge in [0.2, 0.25) is 0 Å². The Morgan fingerprint density at radius 3 is 2.59 bits per heavy atom. The summed E-state index contributed by atoms with van der Waals surface area (Å²) in [5, 5.41) is 10.3. The van der Waals surface area contributed by atoms with Gasteiger partial charge in [-0.3, -0.25) is 0 Å². The molecule has 1 fully saturated rings. The molecule has 1 saturated heterocycles. The highest BCUT2D eigenvalue weighted by molar-refractivity contribution is 6.00. The van der Waals surface area contributed by atoms with Crippen molar-refractivity contribution < 1.29 is 13.7 Å². The largest absolute Gasteiger partial charge is 0.352 e. The summed E-state index contributed by atoms with van der Waals surface area (Å²) >= 11 is 0. The zero-order chi connectivity index (χ0) is 26.8. The molecule has 2 aromatic heterocycles. The maximum Gasteiger partial charge on any atom is 0.321 e. The lowest BCUT2D eigenvalue weighted by atomic mass is 10.0. The number of urea groups is 1. The first-order chi connectivity index (χ1) is 19.1. The van der Waals surface area contributed by atoms with Crippen LogP contribution in [0, 0.1) is 5.82 Å². The number of piperazine rings is 1. The molecular weight excluding hydrogens is 495 g/mol. The zero-order valence-corrected chi connectivity index (χ0v) is 21.7. The molecule has 9 heteroatoms. The van der Waals surface area contributed by atoms with Gasteiger partial charge in [0.05, 0.1) is 0 Å². The van der Waals surface area contributed by atoms with Crippen molar-refractivity contribution in [1.82, 2.24) is 20.0 Å². The number of fused-ring (bicyclic) bond motifs is 2. The molecule has 0 atom stereocenters. The predicted molar refractivity (Wildman–Crippen MR) is 150 cm³/mol. The number of aryl methyl sites for hydroxylation is 1. The molecule has 1 aliphatic rings. The summed E-state index contributed by atoms with van der Waals surface area (Å²) < 4.78 is 19.3. The molecule has 3 aromatic carbocycles. The fourth-order valence-corrected chi connectivity index (χ4v) is 4.98. The number of carbonyl (C=O) groups is 1. The number of halogens is 1. The highest BCUT2D eigenvalue weighted by Gasteiger charge is 2.27. The molecule has 0 radical (unpaired) electrons. The van der Waals surface area contributed by atoms with Gasteiger partial charge < -0.3 is 19.6 Å². The van der Waals surface area contributed by atoms with Crippen molar-refractivity contribution in [1.29, 1.82) is 0 Å². The molecule has 0 spiro atoms. The lowest BCUT2D eigenvalue weighted by Gasteiger charge is -2.35. The third kappa shape index (κ3) is 5.12. The molecule has 5 aromatic rings. The number of aromatic nitrogens is 3. The second kappa shape index (κ2) is 10.7. The fraction of sp³-hybridized carbons (Fsp3) is 0.267. The van der Waals surface area contributed by atoms with Crippen LogP contribution in [0.5, 0.6) is 0 Å². The standard InChI is InChI=1S/C30H29FN6O2/c1-2-3-11-25-33-28(36-14-16-37(17-15-36)30(38)32-24-10-6-9-23(31)19-24)26-27(35-39-29(26)34-25)22-13-12-20-7-4-5-8-21(20)18-22/h4-10,12-13,18-19H,2-3,11,14-17H2,1H3,(H,32,38). The summed E-state index contributed by atoms with van der Waals surface area (Å²) in [6.07, 6.45) is 2.76. The molecule has 1 N–H and O–H groups in total. The molecule has 3 heterocycles. The van der Waals surface area contributed by atoms with Gasteiger partial charge in [-0.05, 0) is 41.5 Å². The van der Waals surface area contributed by atoms with Gasteiger partial charge in [0.1, 0.15) is 28.5 Å². The summed E-state index contributed by atoms with van der Waals surface area (Å²) in [6, 6.07) is 20.1. The van der Waals surface area contributed by atoms with Gasteiger partial charge in [0.25, 0.3) is 5.71 Å². The number of anilines is 2. The van der Waals surface area contributed by atoms with Crippen LogP contribution in [0.4, 0.5) is 20.7 Å². The van der Waals surface area contributed by atoms with E-state index in [1.807, 2.05) is 18.2 Å². The van der Waals surface area contributed by atoms with Crippen molar-refractivity contribution in [3.8, 4) is 11.3 Å². The molecule has 0 bridgehead atoms. The van der Waals surface area contributed by atoms with Crippen molar-refractivity contribution in [3.63, 3.8) is 0 Å². The topological polar surface area (TPSA) is 87.4 Å². The van der Waals surface area contributed by atoms with E-state index < -0.39 is 0 Å². The van der Waals surface area contributed by atoms with Crippen molar-refractivity contribution >= 4 is 39.4 Å². The van der Waals surface area contributed by atoms with Crippen LogP contribution in [0.25, 0.3) is 33.1 Å². The Labute approximate surface area is 225 Å². The van der Waals surface area contributed by atoms with E-state index in [1.165, 1.54) is 12.1 Å². The quantitative estimate of drug-likeness (QED) is 0.282. The maximum absolute atomic E-state index is 13.5. The van der Waals surface area contributed by atoms with E-state index in [4.69, 9.17) is 14.5 Å². The lowest BCUT2D eigenvalue weighted by molar-refractivity contribution is 0.208. The van der Waals surface area contributed by atoms with Crippen molar-refractivity contribution in [2.45, 2.75) is 26.2 Å². The molecule has 1 aliphatic heterocycles. The lowest BCUT2D eigenvalue weighted by Crippen LogP contribution is -2.50. The van der Waals surface area contributed by atoms with E-state index in [-0.39, 0.29) is 11.8 Å². The Balaban J connectivity index is 1.30. The summed E-state index contributed by atoms with van der Waals surface area (Å²) in [5.41, 5.74) is 2.55. The van der Waals surface area contributed by atoms with Gasteiger partial charge in [0, 0.05) is 43.9 Å². The van der Waals surface area contributed by atoms with Crippen LogP contribution in [0.1, 0.15) is 25.6 Å². The number of rotatable bonds is 6. The summed E-state index contributed by atoms with van der Waals surface area (Å²) in [4.78, 5) is 26.4. The molecule has 39 heavy (non-hydrogen) atoms. The van der Waals surface area contributed by atoms with E-state index in [9.17, 15) is 9.18 Å². The first kappa shape index (κ1) is 24.8. The van der Waals surface area contributed by atoms with E-state index in [0.717, 1.165) is 52.6 Å². The minimum Gasteiger partial charge on any atom is -0.352 e. The van der Waals surface area contributed by atoms with Crippen LogP contribution in [-0.2, 0) is 6.42 Å². The van der Waals surface area contributed by atoms with Crippen LogP contribution >= 0.6 is 0 Å². The average Bonchev–Trinajstić information content (AvgIpc) is 3.39.